The summed E-state index contributed by atoms with van der Waals surface area (Å²) >= 11 is 0. The number of phosphoric ester groups is 1. The van der Waals surface area contributed by atoms with Crippen LogP contribution in [0.1, 0.15) is 373 Å². The van der Waals surface area contributed by atoms with Gasteiger partial charge in [-0.05, 0) is 128 Å². The van der Waals surface area contributed by atoms with Crippen LogP contribution in [0.4, 0.5) is 0 Å². The highest BCUT2D eigenvalue weighted by Crippen LogP contribution is 2.43. The molecule has 0 radical (unpaired) electrons. The molecule has 0 aliphatic carbocycles. The second-order valence-electron chi connectivity index (χ2n) is 30.2. The average molecular weight is 1490 g/mol. The Labute approximate surface area is 655 Å². The molecule has 0 amide bonds. The number of quaternary nitrogens is 1. The Morgan fingerprint density at radius 2 is 0.509 bits per heavy atom. The van der Waals surface area contributed by atoms with Crippen LogP contribution >= 0.6 is 7.82 Å². The van der Waals surface area contributed by atoms with E-state index >= 15 is 0 Å². The van der Waals surface area contributed by atoms with E-state index in [0.717, 1.165) is 128 Å². The van der Waals surface area contributed by atoms with Gasteiger partial charge < -0.3 is 18.9 Å². The van der Waals surface area contributed by atoms with Gasteiger partial charge in [-0.2, -0.15) is 0 Å². The molecule has 2 unspecified atom stereocenters. The summed E-state index contributed by atoms with van der Waals surface area (Å²) in [7, 11) is 1.48. The third-order valence-electron chi connectivity index (χ3n) is 18.7. The van der Waals surface area contributed by atoms with Crippen molar-refractivity contribution in [2.45, 2.75) is 380 Å². The predicted molar refractivity (Wildman–Crippen MR) is 463 cm³/mol. The lowest BCUT2D eigenvalue weighted by molar-refractivity contribution is -0.870. The number of nitrogens with zero attached hydrogens (tertiary/aromatic N) is 1. The van der Waals surface area contributed by atoms with Crippen molar-refractivity contribution in [2.24, 2.45) is 0 Å². The molecule has 1 N–H and O–H groups in total. The van der Waals surface area contributed by atoms with E-state index in [9.17, 15) is 19.0 Å². The van der Waals surface area contributed by atoms with Crippen LogP contribution in [0.25, 0.3) is 0 Å². The van der Waals surface area contributed by atoms with Gasteiger partial charge in [-0.25, -0.2) is 4.57 Å². The van der Waals surface area contributed by atoms with E-state index in [1.165, 1.54) is 212 Å². The van der Waals surface area contributed by atoms with E-state index in [2.05, 4.69) is 184 Å². The number of carbonyl (C=O) groups is 2. The minimum atomic E-state index is -4.41. The van der Waals surface area contributed by atoms with Gasteiger partial charge in [-0.1, -0.05) is 402 Å². The average Bonchev–Trinajstić information content (AvgIpc) is 0.908. The first-order valence-corrected chi connectivity index (χ1v) is 45.4. The number of allylic oxidation sites excluding steroid dienone is 28. The first kappa shape index (κ1) is 101. The standard InChI is InChI=1S/C96H164NO8P/c1-6-8-10-12-14-16-18-20-22-24-26-28-30-32-34-36-38-40-42-44-46-48-50-52-54-56-58-60-62-64-66-68-70-72-74-76-78-80-82-84-86-88-95(98)102-92-94(93-104-106(100,101)103-91-90-97(3,4)5)105-96(99)89-87-85-83-81-79-77-75-73-71-69-67-65-63-61-59-57-55-53-51-49-47-45-43-41-39-37-35-33-31-29-27-25-23-21-19-17-15-13-11-9-7-2/h8-11,14-17,20-23,26-29,32-35,39,41,45,47,51,53,57,59,94H,6-7,12-13,18-19,24-25,30-31,36-38,40,42-44,46,48-50,52,54-56,58,60-93H2,1-5H3/p+1/b10-8-,11-9-,16-14-,17-15-,22-20-,23-21-,28-26-,29-27-,34-32-,35-33-,41-39-,47-45-,53-51-,59-57-. The van der Waals surface area contributed by atoms with Crippen LogP contribution in [0, 0.1) is 0 Å². The Morgan fingerprint density at radius 3 is 0.755 bits per heavy atom. The van der Waals surface area contributed by atoms with E-state index < -0.39 is 26.5 Å². The molecule has 0 aromatic rings. The maximum atomic E-state index is 12.9. The Morgan fingerprint density at radius 1 is 0.292 bits per heavy atom. The molecule has 0 aromatic carbocycles. The molecule has 0 rings (SSSR count). The van der Waals surface area contributed by atoms with Crippen molar-refractivity contribution >= 4 is 19.8 Å². The van der Waals surface area contributed by atoms with Gasteiger partial charge in [0.2, 0.25) is 0 Å². The van der Waals surface area contributed by atoms with Crippen molar-refractivity contribution in [3.05, 3.63) is 170 Å². The fourth-order valence-electron chi connectivity index (χ4n) is 12.2. The maximum absolute atomic E-state index is 12.9. The number of unbranched alkanes of at least 4 members (excludes halogenated alkanes) is 38. The third kappa shape index (κ3) is 88.3. The Hall–Kier alpha value is -4.63. The van der Waals surface area contributed by atoms with Crippen molar-refractivity contribution in [1.29, 1.82) is 0 Å². The number of hydrogen-bond donors (Lipinski definition) is 1. The molecule has 0 fully saturated rings. The first-order chi connectivity index (χ1) is 52.0. The summed E-state index contributed by atoms with van der Waals surface area (Å²) in [5, 5.41) is 0. The lowest BCUT2D eigenvalue weighted by Crippen LogP contribution is -2.37. The van der Waals surface area contributed by atoms with Gasteiger partial charge in [0.25, 0.3) is 0 Å². The molecule has 10 heteroatoms. The molecule has 2 atom stereocenters. The maximum Gasteiger partial charge on any atom is 0.472 e. The molecule has 0 bridgehead atoms. The van der Waals surface area contributed by atoms with Crippen LogP contribution in [0.2, 0.25) is 0 Å². The highest BCUT2D eigenvalue weighted by atomic mass is 31.2. The van der Waals surface area contributed by atoms with E-state index in [-0.39, 0.29) is 32.0 Å². The zero-order valence-corrected chi connectivity index (χ0v) is 70.3. The molecule has 0 heterocycles. The van der Waals surface area contributed by atoms with Gasteiger partial charge in [-0.3, -0.25) is 18.6 Å². The van der Waals surface area contributed by atoms with Crippen molar-refractivity contribution in [3.63, 3.8) is 0 Å². The van der Waals surface area contributed by atoms with E-state index in [4.69, 9.17) is 18.5 Å². The van der Waals surface area contributed by atoms with Gasteiger partial charge in [0.05, 0.1) is 27.7 Å². The molecule has 0 spiro atoms. The van der Waals surface area contributed by atoms with Crippen molar-refractivity contribution in [1.82, 2.24) is 0 Å². The van der Waals surface area contributed by atoms with Crippen molar-refractivity contribution < 1.29 is 42.1 Å². The smallest absolute Gasteiger partial charge is 0.462 e. The Balaban J connectivity index is 3.94. The summed E-state index contributed by atoms with van der Waals surface area (Å²) in [6.07, 6.45) is 128. The number of rotatable bonds is 80. The topological polar surface area (TPSA) is 108 Å². The molecule has 9 nitrogen and oxygen atoms in total. The summed E-state index contributed by atoms with van der Waals surface area (Å²) in [4.78, 5) is 36.1. The zero-order chi connectivity index (χ0) is 76.8. The first-order valence-electron chi connectivity index (χ1n) is 43.9. The predicted octanol–water partition coefficient (Wildman–Crippen LogP) is 30.0. The van der Waals surface area contributed by atoms with E-state index in [0.29, 0.717) is 17.4 Å². The number of hydrogen-bond acceptors (Lipinski definition) is 7. The Bertz CT molecular complexity index is 2410. The summed E-state index contributed by atoms with van der Waals surface area (Å²) in [6, 6.07) is 0. The number of phosphoric acid groups is 1. The lowest BCUT2D eigenvalue weighted by atomic mass is 10.0. The molecule has 0 aromatic heterocycles. The molecule has 106 heavy (non-hydrogen) atoms. The van der Waals surface area contributed by atoms with E-state index in [1.807, 2.05) is 21.1 Å². The molecule has 0 saturated carbocycles. The SMILES string of the molecule is CC/C=C\C/C=C\C/C=C\C/C=C\C/C=C\C/C=C\C/C=C\C/C=C\C/C=C\CCCCCCCCCCCCCCCC(=O)OC(COC(=O)CCCCCCCCCCCCCCCCCCCCCCCCCCC/C=C\C/C=C\C/C=C\C/C=C\C/C=C\CC)COP(=O)(O)OCC[N+](C)(C)C. The van der Waals surface area contributed by atoms with E-state index in [1.54, 1.807) is 0 Å². The van der Waals surface area contributed by atoms with Crippen LogP contribution in [-0.2, 0) is 32.7 Å². The number of carbonyl (C=O) groups excluding carboxylic acids is 2. The van der Waals surface area contributed by atoms with Gasteiger partial charge in [0, 0.05) is 12.8 Å². The van der Waals surface area contributed by atoms with Crippen molar-refractivity contribution in [2.75, 3.05) is 47.5 Å². The second-order valence-corrected chi connectivity index (χ2v) is 31.6. The molecule has 0 saturated heterocycles. The highest BCUT2D eigenvalue weighted by Gasteiger charge is 2.27. The molecular weight excluding hydrogens is 1330 g/mol. The highest BCUT2D eigenvalue weighted by molar-refractivity contribution is 7.47. The summed E-state index contributed by atoms with van der Waals surface area (Å²) in [6.45, 7) is 4.23. The van der Waals surface area contributed by atoms with Crippen LogP contribution in [0.3, 0.4) is 0 Å². The quantitative estimate of drug-likeness (QED) is 0.0211. The van der Waals surface area contributed by atoms with Crippen LogP contribution in [0.5, 0.6) is 0 Å². The number of ether oxygens (including phenoxy) is 2. The number of esters is 2. The summed E-state index contributed by atoms with van der Waals surface area (Å²) in [5.41, 5.74) is 0. The lowest BCUT2D eigenvalue weighted by Gasteiger charge is -2.24. The largest absolute Gasteiger partial charge is 0.472 e. The van der Waals surface area contributed by atoms with Crippen LogP contribution < -0.4 is 0 Å². The fourth-order valence-corrected chi connectivity index (χ4v) is 12.9. The van der Waals surface area contributed by atoms with Gasteiger partial charge in [0.1, 0.15) is 19.8 Å². The summed E-state index contributed by atoms with van der Waals surface area (Å²) < 4.78 is 34.9. The zero-order valence-electron chi connectivity index (χ0n) is 69.4. The molecule has 606 valence electrons. The van der Waals surface area contributed by atoms with Crippen molar-refractivity contribution in [3.8, 4) is 0 Å². The number of likely N-dealkylation sites (N-methyl/N-ethyl adjacent to an activating group) is 1. The molecule has 0 aliphatic heterocycles. The third-order valence-corrected chi connectivity index (χ3v) is 19.7. The molecule has 0 aliphatic rings. The normalized spacial score (nSPS) is 13.8. The second kappa shape index (κ2) is 84.4. The Kier molecular flexibility index (Phi) is 80.7. The van der Waals surface area contributed by atoms with Crippen LogP contribution in [-0.4, -0.2) is 74.9 Å². The van der Waals surface area contributed by atoms with Crippen LogP contribution in [0.15, 0.2) is 170 Å². The van der Waals surface area contributed by atoms with Gasteiger partial charge in [0.15, 0.2) is 6.10 Å². The van der Waals surface area contributed by atoms with Gasteiger partial charge >= 0.3 is 19.8 Å². The fraction of sp³-hybridized carbons (Fsp3) is 0.688. The molecular formula is C96H165NO8P+. The summed E-state index contributed by atoms with van der Waals surface area (Å²) in [5.74, 6) is -0.790. The minimum Gasteiger partial charge on any atom is -0.462 e. The van der Waals surface area contributed by atoms with Gasteiger partial charge in [-0.15, -0.1) is 0 Å². The minimum absolute atomic E-state index is 0.0275. The monoisotopic (exact) mass is 1490 g/mol.